The molecule has 78 valence electrons. The standard InChI is InChI=1S/C7H13BrO4S/c1-2-3-6-4-7(5-8)12-13(9,10)11-6/h6-7H,2-5H2,1H3/t6-,7-/m0/s1. The van der Waals surface area contributed by atoms with Crippen molar-refractivity contribution < 1.29 is 16.8 Å². The molecule has 4 nitrogen and oxygen atoms in total. The number of halogens is 1. The van der Waals surface area contributed by atoms with Gasteiger partial charge in [0.15, 0.2) is 0 Å². The summed E-state index contributed by atoms with van der Waals surface area (Å²) in [6, 6.07) is 0. The SMILES string of the molecule is CCC[C@H]1C[C@@H](CBr)OS(=O)(=O)O1. The zero-order valence-corrected chi connectivity index (χ0v) is 9.80. The first-order valence-electron chi connectivity index (χ1n) is 4.25. The van der Waals surface area contributed by atoms with E-state index in [2.05, 4.69) is 15.9 Å². The molecular weight excluding hydrogens is 260 g/mol. The van der Waals surface area contributed by atoms with Crippen molar-refractivity contribution in [3.05, 3.63) is 0 Å². The summed E-state index contributed by atoms with van der Waals surface area (Å²) in [4.78, 5) is 0. The maximum Gasteiger partial charge on any atom is 0.400 e. The zero-order chi connectivity index (χ0) is 9.90. The Morgan fingerprint density at radius 3 is 2.54 bits per heavy atom. The van der Waals surface area contributed by atoms with Gasteiger partial charge in [-0.3, -0.25) is 0 Å². The van der Waals surface area contributed by atoms with Crippen molar-refractivity contribution in [1.82, 2.24) is 0 Å². The lowest BCUT2D eigenvalue weighted by molar-refractivity contribution is 0.0476. The Balaban J connectivity index is 2.60. The highest BCUT2D eigenvalue weighted by Crippen LogP contribution is 2.23. The average molecular weight is 273 g/mol. The second-order valence-electron chi connectivity index (χ2n) is 3.02. The Morgan fingerprint density at radius 1 is 1.38 bits per heavy atom. The molecule has 2 atom stereocenters. The summed E-state index contributed by atoms with van der Waals surface area (Å²) in [5.41, 5.74) is 0. The van der Waals surface area contributed by atoms with Gasteiger partial charge in [0.05, 0.1) is 12.2 Å². The minimum absolute atomic E-state index is 0.216. The molecule has 0 aromatic carbocycles. The van der Waals surface area contributed by atoms with E-state index in [1.54, 1.807) is 0 Å². The van der Waals surface area contributed by atoms with Crippen LogP contribution in [-0.2, 0) is 18.8 Å². The van der Waals surface area contributed by atoms with Crippen LogP contribution in [0, 0.1) is 0 Å². The van der Waals surface area contributed by atoms with Crippen molar-refractivity contribution in [2.75, 3.05) is 5.33 Å². The molecule has 13 heavy (non-hydrogen) atoms. The molecule has 1 heterocycles. The van der Waals surface area contributed by atoms with Crippen LogP contribution in [0.25, 0.3) is 0 Å². The minimum atomic E-state index is -3.75. The monoisotopic (exact) mass is 272 g/mol. The first-order valence-corrected chi connectivity index (χ1v) is 6.70. The Bertz CT molecular complexity index is 251. The van der Waals surface area contributed by atoms with Gasteiger partial charge in [-0.25, -0.2) is 8.37 Å². The first-order chi connectivity index (χ1) is 6.07. The van der Waals surface area contributed by atoms with Crippen LogP contribution < -0.4 is 0 Å². The highest BCUT2D eigenvalue weighted by molar-refractivity contribution is 9.09. The second-order valence-corrected chi connectivity index (χ2v) is 4.87. The lowest BCUT2D eigenvalue weighted by Crippen LogP contribution is -2.35. The molecule has 0 N–H and O–H groups in total. The molecule has 0 spiro atoms. The third-order valence-corrected chi connectivity index (χ3v) is 3.55. The van der Waals surface area contributed by atoms with E-state index in [1.165, 1.54) is 0 Å². The maximum absolute atomic E-state index is 11.0. The van der Waals surface area contributed by atoms with Crippen molar-refractivity contribution in [3.8, 4) is 0 Å². The quantitative estimate of drug-likeness (QED) is 0.733. The third kappa shape index (κ3) is 3.53. The molecule has 0 unspecified atom stereocenters. The predicted octanol–water partition coefficient (Wildman–Crippen LogP) is 1.60. The molecule has 0 aliphatic carbocycles. The fraction of sp³-hybridized carbons (Fsp3) is 1.00. The third-order valence-electron chi connectivity index (χ3n) is 1.82. The van der Waals surface area contributed by atoms with Crippen LogP contribution in [-0.4, -0.2) is 26.0 Å². The van der Waals surface area contributed by atoms with Gasteiger partial charge in [-0.05, 0) is 6.42 Å². The van der Waals surface area contributed by atoms with Gasteiger partial charge in [-0.2, -0.15) is 8.42 Å². The smallest absolute Gasteiger partial charge is 0.245 e. The topological polar surface area (TPSA) is 52.6 Å². The molecular formula is C7H13BrO4S. The van der Waals surface area contributed by atoms with E-state index in [4.69, 9.17) is 8.37 Å². The number of rotatable bonds is 3. The van der Waals surface area contributed by atoms with E-state index >= 15 is 0 Å². The Kier molecular flexibility index (Phi) is 4.15. The molecule has 1 aliphatic rings. The van der Waals surface area contributed by atoms with Gasteiger partial charge in [-0.15, -0.1) is 0 Å². The van der Waals surface area contributed by atoms with E-state index in [1.807, 2.05) is 6.92 Å². The second kappa shape index (κ2) is 4.72. The number of hydrogen-bond acceptors (Lipinski definition) is 4. The van der Waals surface area contributed by atoms with Crippen LogP contribution in [0.4, 0.5) is 0 Å². The Hall–Kier alpha value is 0.350. The Labute approximate surface area is 87.1 Å². The highest BCUT2D eigenvalue weighted by atomic mass is 79.9. The molecule has 0 aromatic rings. The van der Waals surface area contributed by atoms with E-state index in [0.29, 0.717) is 11.8 Å². The molecule has 0 saturated carbocycles. The van der Waals surface area contributed by atoms with Crippen LogP contribution in [0.3, 0.4) is 0 Å². The van der Waals surface area contributed by atoms with Gasteiger partial charge in [0.2, 0.25) is 0 Å². The van der Waals surface area contributed by atoms with Crippen LogP contribution in [0.1, 0.15) is 26.2 Å². The van der Waals surface area contributed by atoms with Gasteiger partial charge < -0.3 is 0 Å². The van der Waals surface area contributed by atoms with Gasteiger partial charge in [0.1, 0.15) is 0 Å². The summed E-state index contributed by atoms with van der Waals surface area (Å²) in [7, 11) is -3.75. The summed E-state index contributed by atoms with van der Waals surface area (Å²) >= 11 is 3.20. The highest BCUT2D eigenvalue weighted by Gasteiger charge is 2.32. The molecule has 1 fully saturated rings. The van der Waals surface area contributed by atoms with Crippen molar-refractivity contribution in [2.45, 2.75) is 38.4 Å². The van der Waals surface area contributed by atoms with Crippen LogP contribution >= 0.6 is 15.9 Å². The van der Waals surface area contributed by atoms with Crippen LogP contribution in [0.15, 0.2) is 0 Å². The fourth-order valence-corrected chi connectivity index (χ4v) is 2.91. The van der Waals surface area contributed by atoms with E-state index in [9.17, 15) is 8.42 Å². The van der Waals surface area contributed by atoms with Crippen LogP contribution in [0.5, 0.6) is 0 Å². The fourth-order valence-electron chi connectivity index (χ4n) is 1.30. The summed E-state index contributed by atoms with van der Waals surface area (Å²) < 4.78 is 31.6. The van der Waals surface area contributed by atoms with Gasteiger partial charge in [0, 0.05) is 11.8 Å². The molecule has 0 aromatic heterocycles. The van der Waals surface area contributed by atoms with Crippen molar-refractivity contribution in [1.29, 1.82) is 0 Å². The number of hydrogen-bond donors (Lipinski definition) is 0. The summed E-state index contributed by atoms with van der Waals surface area (Å²) in [5.74, 6) is 0. The van der Waals surface area contributed by atoms with Gasteiger partial charge >= 0.3 is 10.4 Å². The summed E-state index contributed by atoms with van der Waals surface area (Å²) in [6.45, 7) is 1.99. The predicted molar refractivity (Wildman–Crippen MR) is 52.0 cm³/mol. The lowest BCUT2D eigenvalue weighted by Gasteiger charge is -2.27. The summed E-state index contributed by atoms with van der Waals surface area (Å²) in [6.07, 6.45) is 1.81. The molecule has 1 aliphatic heterocycles. The molecule has 6 heteroatoms. The molecule has 0 bridgehead atoms. The summed E-state index contributed by atoms with van der Waals surface area (Å²) in [5, 5.41) is 0.524. The normalized spacial score (nSPS) is 33.1. The van der Waals surface area contributed by atoms with E-state index in [-0.39, 0.29) is 12.2 Å². The number of alkyl halides is 1. The van der Waals surface area contributed by atoms with E-state index in [0.717, 1.165) is 12.8 Å². The van der Waals surface area contributed by atoms with Gasteiger partial charge in [-0.1, -0.05) is 29.3 Å². The first kappa shape index (κ1) is 11.4. The Morgan fingerprint density at radius 2 is 2.00 bits per heavy atom. The van der Waals surface area contributed by atoms with E-state index < -0.39 is 10.4 Å². The van der Waals surface area contributed by atoms with Gasteiger partial charge in [0.25, 0.3) is 0 Å². The van der Waals surface area contributed by atoms with Crippen molar-refractivity contribution >= 4 is 26.3 Å². The van der Waals surface area contributed by atoms with Crippen molar-refractivity contribution in [2.24, 2.45) is 0 Å². The lowest BCUT2D eigenvalue weighted by atomic mass is 10.1. The van der Waals surface area contributed by atoms with Crippen LogP contribution in [0.2, 0.25) is 0 Å². The average Bonchev–Trinajstić information content (AvgIpc) is 2.02. The molecule has 1 saturated heterocycles. The minimum Gasteiger partial charge on any atom is -0.245 e. The molecule has 0 amide bonds. The zero-order valence-electron chi connectivity index (χ0n) is 7.40. The molecule has 1 rings (SSSR count). The van der Waals surface area contributed by atoms with Crippen molar-refractivity contribution in [3.63, 3.8) is 0 Å². The molecule has 0 radical (unpaired) electrons. The maximum atomic E-state index is 11.0. The largest absolute Gasteiger partial charge is 0.400 e.